The molecule has 172 valence electrons. The fourth-order valence-corrected chi connectivity index (χ4v) is 4.33. The molecule has 0 fully saturated rings. The number of nitrogens with one attached hydrogen (secondary N) is 1. The van der Waals surface area contributed by atoms with E-state index in [1.807, 2.05) is 84.3 Å². The zero-order chi connectivity index (χ0) is 23.9. The first-order valence-electron chi connectivity index (χ1n) is 10.4. The average molecular weight is 536 g/mol. The molecule has 0 bridgehead atoms. The molecular weight excluding hydrogens is 514 g/mol. The Morgan fingerprint density at radius 2 is 1.88 bits per heavy atom. The Bertz CT molecular complexity index is 1310. The number of carbonyl (C=O) groups is 1. The van der Waals surface area contributed by atoms with Gasteiger partial charge < -0.3 is 4.74 Å². The normalized spacial score (nSPS) is 11.0. The van der Waals surface area contributed by atoms with Gasteiger partial charge in [0.2, 0.25) is 0 Å². The van der Waals surface area contributed by atoms with Crippen molar-refractivity contribution in [3.63, 3.8) is 0 Å². The van der Waals surface area contributed by atoms with Gasteiger partial charge in [0.15, 0.2) is 11.0 Å². The number of hydrogen-bond acceptors (Lipinski definition) is 6. The molecule has 1 amide bonds. The first-order valence-corrected chi connectivity index (χ1v) is 12.2. The van der Waals surface area contributed by atoms with Crippen molar-refractivity contribution < 1.29 is 9.53 Å². The quantitative estimate of drug-likeness (QED) is 0.189. The van der Waals surface area contributed by atoms with Crippen LogP contribution in [0, 0.1) is 6.92 Å². The lowest BCUT2D eigenvalue weighted by atomic mass is 10.2. The third-order valence-electron chi connectivity index (χ3n) is 4.87. The number of amides is 1. The number of benzene rings is 3. The van der Waals surface area contributed by atoms with E-state index in [2.05, 4.69) is 36.7 Å². The van der Waals surface area contributed by atoms with E-state index < -0.39 is 0 Å². The lowest BCUT2D eigenvalue weighted by Gasteiger charge is -2.10. The highest BCUT2D eigenvalue weighted by Crippen LogP contribution is 2.28. The second-order valence-electron chi connectivity index (χ2n) is 7.31. The second kappa shape index (κ2) is 11.1. The lowest BCUT2D eigenvalue weighted by Crippen LogP contribution is -2.20. The van der Waals surface area contributed by atoms with Crippen LogP contribution in [0.1, 0.15) is 11.1 Å². The zero-order valence-corrected chi connectivity index (χ0v) is 21.0. The fraction of sp³-hybridized carbons (Fsp3) is 0.120. The molecule has 1 N–H and O–H groups in total. The summed E-state index contributed by atoms with van der Waals surface area (Å²) in [6.45, 7) is 2.04. The molecule has 0 saturated heterocycles. The van der Waals surface area contributed by atoms with Crippen molar-refractivity contribution in [3.8, 4) is 22.8 Å². The minimum Gasteiger partial charge on any atom is -0.496 e. The Hall–Kier alpha value is -3.43. The largest absolute Gasteiger partial charge is 0.496 e. The van der Waals surface area contributed by atoms with Crippen molar-refractivity contribution in [1.82, 2.24) is 20.2 Å². The molecule has 0 aliphatic carbocycles. The van der Waals surface area contributed by atoms with Crippen LogP contribution < -0.4 is 10.2 Å². The molecule has 1 aromatic heterocycles. The molecule has 9 heteroatoms. The summed E-state index contributed by atoms with van der Waals surface area (Å²) in [7, 11) is 1.59. The molecule has 4 aromatic rings. The SMILES string of the molecule is COc1ccc(Br)cc1C=NNC(=O)CSc1nnc(-c2ccccc2)n1-c1ccc(C)cc1. The number of methoxy groups -OCH3 is 1. The average Bonchev–Trinajstić information content (AvgIpc) is 3.28. The second-order valence-corrected chi connectivity index (χ2v) is 9.17. The monoisotopic (exact) mass is 535 g/mol. The maximum atomic E-state index is 12.5. The van der Waals surface area contributed by atoms with Gasteiger partial charge in [0.25, 0.3) is 5.91 Å². The van der Waals surface area contributed by atoms with Gasteiger partial charge in [-0.25, -0.2) is 5.43 Å². The molecule has 34 heavy (non-hydrogen) atoms. The third kappa shape index (κ3) is 5.73. The van der Waals surface area contributed by atoms with Gasteiger partial charge in [0, 0.05) is 21.3 Å². The van der Waals surface area contributed by atoms with Crippen LogP contribution in [-0.4, -0.2) is 39.7 Å². The van der Waals surface area contributed by atoms with Crippen LogP contribution in [0.5, 0.6) is 5.75 Å². The van der Waals surface area contributed by atoms with Crippen molar-refractivity contribution in [1.29, 1.82) is 0 Å². The van der Waals surface area contributed by atoms with Crippen molar-refractivity contribution in [2.45, 2.75) is 12.1 Å². The number of halogens is 1. The molecule has 0 spiro atoms. The Balaban J connectivity index is 1.50. The van der Waals surface area contributed by atoms with Gasteiger partial charge in [-0.05, 0) is 37.3 Å². The molecule has 0 aliphatic heterocycles. The van der Waals surface area contributed by atoms with Crippen LogP contribution in [0.15, 0.2) is 87.5 Å². The van der Waals surface area contributed by atoms with E-state index in [1.165, 1.54) is 11.8 Å². The highest BCUT2D eigenvalue weighted by atomic mass is 79.9. The Morgan fingerprint density at radius 1 is 1.12 bits per heavy atom. The van der Waals surface area contributed by atoms with Crippen molar-refractivity contribution >= 4 is 39.8 Å². The van der Waals surface area contributed by atoms with E-state index in [0.29, 0.717) is 16.7 Å². The zero-order valence-electron chi connectivity index (χ0n) is 18.6. The van der Waals surface area contributed by atoms with Crippen LogP contribution in [0.2, 0.25) is 0 Å². The predicted molar refractivity (Wildman–Crippen MR) is 139 cm³/mol. The number of hydrogen-bond donors (Lipinski definition) is 1. The number of rotatable bonds is 8. The van der Waals surface area contributed by atoms with Crippen LogP contribution in [0.3, 0.4) is 0 Å². The van der Waals surface area contributed by atoms with Gasteiger partial charge in [0.05, 0.1) is 19.1 Å². The van der Waals surface area contributed by atoms with Gasteiger partial charge in [-0.2, -0.15) is 5.10 Å². The van der Waals surface area contributed by atoms with Gasteiger partial charge >= 0.3 is 0 Å². The summed E-state index contributed by atoms with van der Waals surface area (Å²) in [6.07, 6.45) is 1.55. The van der Waals surface area contributed by atoms with Crippen LogP contribution in [-0.2, 0) is 4.79 Å². The minimum atomic E-state index is -0.255. The number of nitrogens with zero attached hydrogens (tertiary/aromatic N) is 4. The van der Waals surface area contributed by atoms with E-state index in [-0.39, 0.29) is 11.7 Å². The topological polar surface area (TPSA) is 81.4 Å². The minimum absolute atomic E-state index is 0.131. The van der Waals surface area contributed by atoms with Crippen molar-refractivity contribution in [2.75, 3.05) is 12.9 Å². The van der Waals surface area contributed by atoms with Crippen LogP contribution in [0.25, 0.3) is 17.1 Å². The number of hydrazone groups is 1. The van der Waals surface area contributed by atoms with E-state index in [9.17, 15) is 4.79 Å². The van der Waals surface area contributed by atoms with Crippen molar-refractivity contribution in [2.24, 2.45) is 5.10 Å². The van der Waals surface area contributed by atoms with E-state index in [0.717, 1.165) is 26.9 Å². The van der Waals surface area contributed by atoms with Crippen LogP contribution >= 0.6 is 27.7 Å². The van der Waals surface area contributed by atoms with Crippen LogP contribution in [0.4, 0.5) is 0 Å². The molecule has 0 aliphatic rings. The number of carbonyl (C=O) groups excluding carboxylic acids is 1. The number of thioether (sulfide) groups is 1. The summed E-state index contributed by atoms with van der Waals surface area (Å²) in [6, 6.07) is 23.5. The summed E-state index contributed by atoms with van der Waals surface area (Å²) < 4.78 is 8.17. The fourth-order valence-electron chi connectivity index (χ4n) is 3.21. The molecule has 0 unspecified atom stereocenters. The highest BCUT2D eigenvalue weighted by Gasteiger charge is 2.17. The molecule has 4 rings (SSSR count). The molecule has 7 nitrogen and oxygen atoms in total. The molecule has 0 atom stereocenters. The molecule has 3 aromatic carbocycles. The van der Waals surface area contributed by atoms with Gasteiger partial charge in [-0.3, -0.25) is 9.36 Å². The maximum Gasteiger partial charge on any atom is 0.250 e. The van der Waals surface area contributed by atoms with E-state index in [4.69, 9.17) is 4.74 Å². The van der Waals surface area contributed by atoms with E-state index >= 15 is 0 Å². The summed E-state index contributed by atoms with van der Waals surface area (Å²) >= 11 is 4.72. The van der Waals surface area contributed by atoms with Crippen molar-refractivity contribution in [3.05, 3.63) is 88.4 Å². The smallest absolute Gasteiger partial charge is 0.250 e. The standard InChI is InChI=1S/C25H22BrN5O2S/c1-17-8-11-21(12-9-17)31-24(18-6-4-3-5-7-18)29-30-25(31)34-16-23(32)28-27-15-19-14-20(26)10-13-22(19)33-2/h3-15H,16H2,1-2H3,(H,28,32). The Morgan fingerprint density at radius 3 is 2.62 bits per heavy atom. The maximum absolute atomic E-state index is 12.5. The molecule has 1 heterocycles. The molecule has 0 saturated carbocycles. The summed E-state index contributed by atoms with van der Waals surface area (Å²) in [4.78, 5) is 12.5. The number of aryl methyl sites for hydroxylation is 1. The molecular formula is C25H22BrN5O2S. The Labute approximate surface area is 210 Å². The Kier molecular flexibility index (Phi) is 7.76. The third-order valence-corrected chi connectivity index (χ3v) is 6.30. The van der Waals surface area contributed by atoms with Gasteiger partial charge in [0.1, 0.15) is 5.75 Å². The highest BCUT2D eigenvalue weighted by molar-refractivity contribution is 9.10. The first kappa shape index (κ1) is 23.7. The van der Waals surface area contributed by atoms with Gasteiger partial charge in [-0.15, -0.1) is 10.2 Å². The number of ether oxygens (including phenoxy) is 1. The summed E-state index contributed by atoms with van der Waals surface area (Å²) in [5.74, 6) is 1.25. The lowest BCUT2D eigenvalue weighted by molar-refractivity contribution is -0.118. The van der Waals surface area contributed by atoms with E-state index in [1.54, 1.807) is 13.3 Å². The number of aromatic nitrogens is 3. The summed E-state index contributed by atoms with van der Waals surface area (Å²) in [5.41, 5.74) is 6.34. The predicted octanol–water partition coefficient (Wildman–Crippen LogP) is 5.26. The first-order chi connectivity index (χ1) is 16.5. The molecule has 0 radical (unpaired) electrons. The summed E-state index contributed by atoms with van der Waals surface area (Å²) in [5, 5.41) is 13.4. The van der Waals surface area contributed by atoms with Gasteiger partial charge in [-0.1, -0.05) is 75.7 Å².